The van der Waals surface area contributed by atoms with Gasteiger partial charge in [0, 0.05) is 5.54 Å². The lowest BCUT2D eigenvalue weighted by molar-refractivity contribution is 0.0140. The molecule has 15 heavy (non-hydrogen) atoms. The Bertz CT molecular complexity index is 213. The normalized spacial score (nSPS) is 41.4. The molecule has 0 bridgehead atoms. The van der Waals surface area contributed by atoms with Gasteiger partial charge < -0.3 is 10.8 Å². The van der Waals surface area contributed by atoms with E-state index in [9.17, 15) is 5.11 Å². The van der Waals surface area contributed by atoms with Crippen LogP contribution < -0.4 is 5.73 Å². The van der Waals surface area contributed by atoms with Crippen molar-refractivity contribution in [3.05, 3.63) is 0 Å². The maximum atomic E-state index is 9.57. The van der Waals surface area contributed by atoms with Gasteiger partial charge in [-0.3, -0.25) is 0 Å². The molecule has 0 aromatic heterocycles. The van der Waals surface area contributed by atoms with Crippen LogP contribution in [0.25, 0.3) is 0 Å². The van der Waals surface area contributed by atoms with E-state index >= 15 is 0 Å². The van der Waals surface area contributed by atoms with Gasteiger partial charge in [0.25, 0.3) is 0 Å². The van der Waals surface area contributed by atoms with Gasteiger partial charge in [0.2, 0.25) is 0 Å². The zero-order valence-electron chi connectivity index (χ0n) is 9.97. The number of aliphatic hydroxyl groups excluding tert-OH is 1. The molecule has 2 nitrogen and oxygen atoms in total. The van der Waals surface area contributed by atoms with Crippen molar-refractivity contribution in [3.8, 4) is 0 Å². The van der Waals surface area contributed by atoms with E-state index in [2.05, 4.69) is 6.92 Å². The van der Waals surface area contributed by atoms with Gasteiger partial charge in [-0.05, 0) is 43.9 Å². The molecule has 0 unspecified atom stereocenters. The molecule has 0 saturated heterocycles. The molecule has 0 heterocycles. The van der Waals surface area contributed by atoms with Crippen molar-refractivity contribution >= 4 is 0 Å². The Kier molecular flexibility index (Phi) is 3.09. The average Bonchev–Trinajstić information content (AvgIpc) is 2.24. The first-order chi connectivity index (χ1) is 7.06. The quantitative estimate of drug-likeness (QED) is 0.700. The van der Waals surface area contributed by atoms with Crippen molar-refractivity contribution in [2.75, 3.05) is 0 Å². The summed E-state index contributed by atoms with van der Waals surface area (Å²) in [5.74, 6) is 0. The summed E-state index contributed by atoms with van der Waals surface area (Å²) in [6.45, 7) is 2.38. The first kappa shape index (κ1) is 11.4. The fourth-order valence-electron chi connectivity index (χ4n) is 3.55. The predicted molar refractivity (Wildman–Crippen MR) is 62.6 cm³/mol. The molecule has 2 heteroatoms. The van der Waals surface area contributed by atoms with Crippen molar-refractivity contribution in [1.29, 1.82) is 0 Å². The molecule has 0 aromatic carbocycles. The standard InChI is InChI=1S/C13H25NO/c1-12(7-3-2-4-8-12)13(14)9-5-11(15)6-10-13/h11,15H,2-10,14H2,1H3. The average molecular weight is 211 g/mol. The van der Waals surface area contributed by atoms with Gasteiger partial charge >= 0.3 is 0 Å². The van der Waals surface area contributed by atoms with Crippen molar-refractivity contribution in [2.45, 2.75) is 76.4 Å². The molecule has 88 valence electrons. The summed E-state index contributed by atoms with van der Waals surface area (Å²) in [5, 5.41) is 9.57. The van der Waals surface area contributed by atoms with E-state index in [0.29, 0.717) is 5.41 Å². The lowest BCUT2D eigenvalue weighted by Crippen LogP contribution is -2.57. The van der Waals surface area contributed by atoms with E-state index in [-0.39, 0.29) is 11.6 Å². The largest absolute Gasteiger partial charge is 0.393 e. The van der Waals surface area contributed by atoms with E-state index < -0.39 is 0 Å². The number of nitrogens with two attached hydrogens (primary N) is 1. The third-order valence-corrected chi connectivity index (χ3v) is 5.01. The Morgan fingerprint density at radius 2 is 1.53 bits per heavy atom. The lowest BCUT2D eigenvalue weighted by atomic mass is 9.58. The molecule has 0 atom stereocenters. The third-order valence-electron chi connectivity index (χ3n) is 5.01. The second-order valence-corrected chi connectivity index (χ2v) is 6.01. The number of hydrogen-bond donors (Lipinski definition) is 2. The minimum absolute atomic E-state index is 0.00660. The zero-order chi connectivity index (χ0) is 10.9. The third kappa shape index (κ3) is 2.07. The highest BCUT2D eigenvalue weighted by atomic mass is 16.3. The van der Waals surface area contributed by atoms with Gasteiger partial charge in [-0.25, -0.2) is 0 Å². The Labute approximate surface area is 93.2 Å². The highest BCUT2D eigenvalue weighted by Gasteiger charge is 2.46. The van der Waals surface area contributed by atoms with Crippen LogP contribution in [-0.4, -0.2) is 16.7 Å². The lowest BCUT2D eigenvalue weighted by Gasteiger charge is -2.51. The number of aliphatic hydroxyl groups is 1. The predicted octanol–water partition coefficient (Wildman–Crippen LogP) is 2.59. The van der Waals surface area contributed by atoms with Crippen molar-refractivity contribution in [3.63, 3.8) is 0 Å². The molecule has 0 spiro atoms. The van der Waals surface area contributed by atoms with E-state index in [1.165, 1.54) is 32.1 Å². The van der Waals surface area contributed by atoms with Crippen LogP contribution in [0, 0.1) is 5.41 Å². The van der Waals surface area contributed by atoms with Crippen molar-refractivity contribution in [2.24, 2.45) is 11.1 Å². The summed E-state index contributed by atoms with van der Waals surface area (Å²) in [4.78, 5) is 0. The van der Waals surface area contributed by atoms with Crippen molar-refractivity contribution < 1.29 is 5.11 Å². The van der Waals surface area contributed by atoms with E-state index in [1.54, 1.807) is 0 Å². The van der Waals surface area contributed by atoms with Crippen LogP contribution in [0.5, 0.6) is 0 Å². The number of rotatable bonds is 1. The van der Waals surface area contributed by atoms with Crippen LogP contribution in [0.2, 0.25) is 0 Å². The summed E-state index contributed by atoms with van der Waals surface area (Å²) in [5.41, 5.74) is 6.96. The van der Waals surface area contributed by atoms with Crippen LogP contribution in [0.4, 0.5) is 0 Å². The molecular formula is C13H25NO. The summed E-state index contributed by atoms with van der Waals surface area (Å²) < 4.78 is 0. The Morgan fingerprint density at radius 3 is 2.07 bits per heavy atom. The summed E-state index contributed by atoms with van der Waals surface area (Å²) in [6, 6.07) is 0. The van der Waals surface area contributed by atoms with Gasteiger partial charge in [-0.1, -0.05) is 26.2 Å². The highest BCUT2D eigenvalue weighted by molar-refractivity contribution is 5.03. The molecule has 2 aliphatic rings. The van der Waals surface area contributed by atoms with Crippen LogP contribution in [0.3, 0.4) is 0 Å². The maximum Gasteiger partial charge on any atom is 0.0541 e. The van der Waals surface area contributed by atoms with Gasteiger partial charge in [0.1, 0.15) is 0 Å². The van der Waals surface area contributed by atoms with Crippen molar-refractivity contribution in [1.82, 2.24) is 0 Å². The molecule has 2 rings (SSSR count). The number of hydrogen-bond acceptors (Lipinski definition) is 2. The SMILES string of the molecule is CC1(C2(N)CCC(O)CC2)CCCCC1. The van der Waals surface area contributed by atoms with E-state index in [1.807, 2.05) is 0 Å². The molecule has 2 saturated carbocycles. The van der Waals surface area contributed by atoms with Crippen LogP contribution in [0.15, 0.2) is 0 Å². The molecule has 0 radical (unpaired) electrons. The van der Waals surface area contributed by atoms with Crippen LogP contribution in [-0.2, 0) is 0 Å². The topological polar surface area (TPSA) is 46.2 Å². The second-order valence-electron chi connectivity index (χ2n) is 6.01. The summed E-state index contributed by atoms with van der Waals surface area (Å²) in [7, 11) is 0. The summed E-state index contributed by atoms with van der Waals surface area (Å²) in [6.07, 6.45) is 10.4. The Hall–Kier alpha value is -0.0800. The second kappa shape index (κ2) is 4.06. The zero-order valence-corrected chi connectivity index (χ0v) is 9.97. The van der Waals surface area contributed by atoms with Gasteiger partial charge in [0.15, 0.2) is 0 Å². The molecule has 0 aliphatic heterocycles. The van der Waals surface area contributed by atoms with Crippen LogP contribution in [0.1, 0.15) is 64.7 Å². The molecular weight excluding hydrogens is 186 g/mol. The molecule has 2 aliphatic carbocycles. The van der Waals surface area contributed by atoms with Gasteiger partial charge in [-0.15, -0.1) is 0 Å². The monoisotopic (exact) mass is 211 g/mol. The minimum atomic E-state index is -0.0890. The fourth-order valence-corrected chi connectivity index (χ4v) is 3.55. The van der Waals surface area contributed by atoms with Gasteiger partial charge in [0.05, 0.1) is 6.10 Å². The minimum Gasteiger partial charge on any atom is -0.393 e. The van der Waals surface area contributed by atoms with Crippen LogP contribution >= 0.6 is 0 Å². The summed E-state index contributed by atoms with van der Waals surface area (Å²) >= 11 is 0. The molecule has 2 fully saturated rings. The van der Waals surface area contributed by atoms with Gasteiger partial charge in [-0.2, -0.15) is 0 Å². The molecule has 0 aromatic rings. The fraction of sp³-hybridized carbons (Fsp3) is 1.00. The smallest absolute Gasteiger partial charge is 0.0541 e. The Balaban J connectivity index is 2.06. The Morgan fingerprint density at radius 1 is 1.00 bits per heavy atom. The van der Waals surface area contributed by atoms with E-state index in [0.717, 1.165) is 25.7 Å². The first-order valence-corrected chi connectivity index (χ1v) is 6.53. The molecule has 3 N–H and O–H groups in total. The highest BCUT2D eigenvalue weighted by Crippen LogP contribution is 2.49. The first-order valence-electron chi connectivity index (χ1n) is 6.53. The maximum absolute atomic E-state index is 9.57. The van der Waals surface area contributed by atoms with E-state index in [4.69, 9.17) is 5.73 Å². The molecule has 0 amide bonds.